The highest BCUT2D eigenvalue weighted by Crippen LogP contribution is 2.19. The molecule has 1 heterocycles. The number of hydrogen-bond acceptors (Lipinski definition) is 3. The van der Waals surface area contributed by atoms with Crippen molar-refractivity contribution >= 4 is 5.91 Å². The van der Waals surface area contributed by atoms with Gasteiger partial charge in [0, 0.05) is 0 Å². The number of carbonyl (C=O) groups is 1. The minimum Gasteiger partial charge on any atom is -0.373 e. The van der Waals surface area contributed by atoms with Crippen molar-refractivity contribution in [3.63, 3.8) is 0 Å². The summed E-state index contributed by atoms with van der Waals surface area (Å²) in [5.41, 5.74) is 0. The number of hydrogen-bond donors (Lipinski definition) is 1. The summed E-state index contributed by atoms with van der Waals surface area (Å²) in [5.74, 6) is -0.792. The smallest absolute Gasteiger partial charge is 0.237 e. The van der Waals surface area contributed by atoms with E-state index < -0.39 is 5.92 Å². The molecule has 1 aliphatic heterocycles. The highest BCUT2D eigenvalue weighted by Gasteiger charge is 2.31. The van der Waals surface area contributed by atoms with E-state index in [0.29, 0.717) is 0 Å². The van der Waals surface area contributed by atoms with E-state index in [1.165, 1.54) is 0 Å². The van der Waals surface area contributed by atoms with Crippen LogP contribution < -0.4 is 5.32 Å². The molecule has 0 saturated carbocycles. The van der Waals surface area contributed by atoms with E-state index in [0.717, 1.165) is 6.42 Å². The molecule has 78 valence electrons. The van der Waals surface area contributed by atoms with Gasteiger partial charge >= 0.3 is 0 Å². The van der Waals surface area contributed by atoms with Crippen LogP contribution in [0.3, 0.4) is 0 Å². The molecule has 0 aromatic rings. The molecule has 4 heteroatoms. The lowest BCUT2D eigenvalue weighted by atomic mass is 10.1. The average molecular weight is 196 g/mol. The molecule has 14 heavy (non-hydrogen) atoms. The molecule has 0 spiro atoms. The highest BCUT2D eigenvalue weighted by molar-refractivity contribution is 5.80. The van der Waals surface area contributed by atoms with Crippen LogP contribution in [0.15, 0.2) is 0 Å². The highest BCUT2D eigenvalue weighted by atomic mass is 16.5. The van der Waals surface area contributed by atoms with E-state index in [-0.39, 0.29) is 24.2 Å². The summed E-state index contributed by atoms with van der Waals surface area (Å²) >= 11 is 0. The van der Waals surface area contributed by atoms with Crippen molar-refractivity contribution in [3.8, 4) is 6.07 Å². The van der Waals surface area contributed by atoms with Crippen molar-refractivity contribution in [2.75, 3.05) is 0 Å². The van der Waals surface area contributed by atoms with E-state index in [1.54, 1.807) is 6.92 Å². The SMILES string of the molecule is CC1CC(NC(=O)C(C)C#N)C(C)O1. The molecule has 1 N–H and O–H groups in total. The second-order valence-electron chi connectivity index (χ2n) is 3.85. The van der Waals surface area contributed by atoms with Crippen LogP contribution in [0, 0.1) is 17.2 Å². The van der Waals surface area contributed by atoms with Crippen molar-refractivity contribution < 1.29 is 9.53 Å². The Morgan fingerprint density at radius 1 is 1.64 bits per heavy atom. The Hall–Kier alpha value is -1.08. The third-order valence-corrected chi connectivity index (χ3v) is 2.51. The van der Waals surface area contributed by atoms with Gasteiger partial charge in [-0.25, -0.2) is 0 Å². The summed E-state index contributed by atoms with van der Waals surface area (Å²) < 4.78 is 5.49. The predicted octanol–water partition coefficient (Wildman–Crippen LogP) is 0.828. The normalized spacial score (nSPS) is 33.4. The molecule has 0 bridgehead atoms. The number of nitriles is 1. The van der Waals surface area contributed by atoms with Gasteiger partial charge in [-0.15, -0.1) is 0 Å². The number of nitrogens with zero attached hydrogens (tertiary/aromatic N) is 1. The van der Waals surface area contributed by atoms with Crippen molar-refractivity contribution in [2.24, 2.45) is 5.92 Å². The van der Waals surface area contributed by atoms with Crippen molar-refractivity contribution in [3.05, 3.63) is 0 Å². The fraction of sp³-hybridized carbons (Fsp3) is 0.800. The van der Waals surface area contributed by atoms with Crippen LogP contribution >= 0.6 is 0 Å². The minimum atomic E-state index is -0.585. The average Bonchev–Trinajstić information content (AvgIpc) is 2.44. The van der Waals surface area contributed by atoms with Gasteiger partial charge < -0.3 is 10.1 Å². The van der Waals surface area contributed by atoms with Gasteiger partial charge in [-0.05, 0) is 27.2 Å². The Balaban J connectivity index is 2.46. The third kappa shape index (κ3) is 2.46. The topological polar surface area (TPSA) is 62.1 Å². The quantitative estimate of drug-likeness (QED) is 0.711. The van der Waals surface area contributed by atoms with Crippen molar-refractivity contribution in [1.29, 1.82) is 5.26 Å². The van der Waals surface area contributed by atoms with E-state index in [2.05, 4.69) is 5.32 Å². The molecule has 4 atom stereocenters. The molecular formula is C10H16N2O2. The Morgan fingerprint density at radius 3 is 2.71 bits per heavy atom. The molecule has 4 nitrogen and oxygen atoms in total. The summed E-state index contributed by atoms with van der Waals surface area (Å²) in [6.45, 7) is 5.51. The first-order chi connectivity index (χ1) is 6.54. The number of nitrogens with one attached hydrogen (secondary N) is 1. The zero-order valence-electron chi connectivity index (χ0n) is 8.78. The van der Waals surface area contributed by atoms with Gasteiger partial charge in [-0.2, -0.15) is 5.26 Å². The minimum absolute atomic E-state index is 0.0415. The second-order valence-corrected chi connectivity index (χ2v) is 3.85. The molecule has 1 saturated heterocycles. The molecule has 0 aromatic carbocycles. The maximum Gasteiger partial charge on any atom is 0.237 e. The number of ether oxygens (including phenoxy) is 1. The van der Waals surface area contributed by atoms with E-state index in [1.807, 2.05) is 19.9 Å². The first kappa shape index (κ1) is 11.0. The van der Waals surface area contributed by atoms with Gasteiger partial charge in [0.1, 0.15) is 5.92 Å². The van der Waals surface area contributed by atoms with E-state index in [9.17, 15) is 4.79 Å². The molecule has 0 radical (unpaired) electrons. The zero-order valence-corrected chi connectivity index (χ0v) is 8.78. The van der Waals surface area contributed by atoms with Crippen LogP contribution in [0.5, 0.6) is 0 Å². The first-order valence-corrected chi connectivity index (χ1v) is 4.90. The lowest BCUT2D eigenvalue weighted by molar-refractivity contribution is -0.124. The number of amides is 1. The van der Waals surface area contributed by atoms with Crippen molar-refractivity contribution in [1.82, 2.24) is 5.32 Å². The third-order valence-electron chi connectivity index (χ3n) is 2.51. The van der Waals surface area contributed by atoms with Gasteiger partial charge in [-0.3, -0.25) is 4.79 Å². The van der Waals surface area contributed by atoms with Gasteiger partial charge in [-0.1, -0.05) is 0 Å². The molecule has 4 unspecified atom stereocenters. The summed E-state index contributed by atoms with van der Waals surface area (Å²) in [6, 6.07) is 1.96. The fourth-order valence-corrected chi connectivity index (χ4v) is 1.61. The Morgan fingerprint density at radius 2 is 2.29 bits per heavy atom. The van der Waals surface area contributed by atoms with Crippen LogP contribution in [0.25, 0.3) is 0 Å². The van der Waals surface area contributed by atoms with Gasteiger partial charge in [0.2, 0.25) is 5.91 Å². The Kier molecular flexibility index (Phi) is 3.48. The van der Waals surface area contributed by atoms with E-state index >= 15 is 0 Å². The van der Waals surface area contributed by atoms with Crippen LogP contribution in [-0.4, -0.2) is 24.2 Å². The monoisotopic (exact) mass is 196 g/mol. The van der Waals surface area contributed by atoms with Crippen LogP contribution in [-0.2, 0) is 9.53 Å². The van der Waals surface area contributed by atoms with Crippen LogP contribution in [0.1, 0.15) is 27.2 Å². The summed E-state index contributed by atoms with van der Waals surface area (Å²) in [5, 5.41) is 11.4. The largest absolute Gasteiger partial charge is 0.373 e. The maximum absolute atomic E-state index is 11.4. The summed E-state index contributed by atoms with van der Waals surface area (Å²) in [6.07, 6.45) is 1.05. The summed E-state index contributed by atoms with van der Waals surface area (Å²) in [7, 11) is 0. The Labute approximate surface area is 84.2 Å². The first-order valence-electron chi connectivity index (χ1n) is 4.90. The van der Waals surface area contributed by atoms with Crippen LogP contribution in [0.4, 0.5) is 0 Å². The lowest BCUT2D eigenvalue weighted by Crippen LogP contribution is -2.41. The van der Waals surface area contributed by atoms with Gasteiger partial charge in [0.25, 0.3) is 0 Å². The molecular weight excluding hydrogens is 180 g/mol. The second kappa shape index (κ2) is 4.43. The van der Waals surface area contributed by atoms with Crippen molar-refractivity contribution in [2.45, 2.75) is 45.4 Å². The Bertz CT molecular complexity index is 259. The van der Waals surface area contributed by atoms with Gasteiger partial charge in [0.05, 0.1) is 24.3 Å². The predicted molar refractivity (Wildman–Crippen MR) is 51.3 cm³/mol. The van der Waals surface area contributed by atoms with Crippen LogP contribution in [0.2, 0.25) is 0 Å². The van der Waals surface area contributed by atoms with Gasteiger partial charge in [0.15, 0.2) is 0 Å². The molecule has 0 aliphatic carbocycles. The molecule has 0 aromatic heterocycles. The maximum atomic E-state index is 11.4. The summed E-state index contributed by atoms with van der Waals surface area (Å²) in [4.78, 5) is 11.4. The molecule has 1 aliphatic rings. The lowest BCUT2D eigenvalue weighted by Gasteiger charge is -2.16. The molecule has 1 amide bonds. The number of rotatable bonds is 2. The standard InChI is InChI=1S/C10H16N2O2/c1-6(5-11)10(13)12-9-4-7(2)14-8(9)3/h6-9H,4H2,1-3H3,(H,12,13). The molecule has 1 fully saturated rings. The fourth-order valence-electron chi connectivity index (χ4n) is 1.61. The zero-order chi connectivity index (χ0) is 10.7. The van der Waals surface area contributed by atoms with E-state index in [4.69, 9.17) is 10.00 Å². The molecule has 1 rings (SSSR count). The number of carbonyl (C=O) groups excluding carboxylic acids is 1.